The van der Waals surface area contributed by atoms with E-state index in [0.29, 0.717) is 4.91 Å². The molecule has 1 saturated heterocycles. The van der Waals surface area contributed by atoms with E-state index >= 15 is 0 Å². The standard InChI is InChI=1S/C27H25N3O4S2/c1-20-6-5-7-22(18-20)29-14-16-30(17-15-29)27-28-26(31)25(35-27)19-21-10-12-23(13-11-21)34-36(32,33)24-8-3-2-4-9-24/h2-13,18-19H,14-17H2,1H3/b25-19+. The van der Waals surface area contributed by atoms with Crippen molar-refractivity contribution in [2.24, 2.45) is 4.99 Å². The number of rotatable bonds is 5. The van der Waals surface area contributed by atoms with Crippen LogP contribution in [0.3, 0.4) is 0 Å². The summed E-state index contributed by atoms with van der Waals surface area (Å²) >= 11 is 1.37. The van der Waals surface area contributed by atoms with Crippen molar-refractivity contribution in [1.29, 1.82) is 0 Å². The van der Waals surface area contributed by atoms with Gasteiger partial charge in [-0.25, -0.2) is 0 Å². The van der Waals surface area contributed by atoms with Crippen molar-refractivity contribution >= 4 is 44.7 Å². The van der Waals surface area contributed by atoms with Gasteiger partial charge < -0.3 is 14.0 Å². The number of hydrogen-bond acceptors (Lipinski definition) is 7. The Labute approximate surface area is 215 Å². The Balaban J connectivity index is 1.20. The monoisotopic (exact) mass is 519 g/mol. The Kier molecular flexibility index (Phi) is 6.84. The third-order valence-electron chi connectivity index (χ3n) is 5.94. The van der Waals surface area contributed by atoms with Crippen molar-refractivity contribution < 1.29 is 17.4 Å². The molecule has 36 heavy (non-hydrogen) atoms. The molecule has 0 N–H and O–H groups in total. The molecule has 3 aromatic carbocycles. The number of piperazine rings is 1. The van der Waals surface area contributed by atoms with E-state index in [1.165, 1.54) is 35.1 Å². The SMILES string of the molecule is Cc1cccc(N2CCN(C3=NC(=O)/C(=C\c4ccc(OS(=O)(=O)c5ccccc5)cc4)S3)CC2)c1. The Hall–Kier alpha value is -3.56. The van der Waals surface area contributed by atoms with Gasteiger partial charge in [0.05, 0.1) is 4.91 Å². The van der Waals surface area contributed by atoms with Crippen LogP contribution in [-0.4, -0.2) is 50.6 Å². The van der Waals surface area contributed by atoms with Gasteiger partial charge in [-0.3, -0.25) is 4.79 Å². The number of amidine groups is 1. The van der Waals surface area contributed by atoms with Crippen LogP contribution < -0.4 is 9.08 Å². The van der Waals surface area contributed by atoms with Crippen molar-refractivity contribution in [2.75, 3.05) is 31.1 Å². The lowest BCUT2D eigenvalue weighted by Crippen LogP contribution is -2.47. The molecule has 0 atom stereocenters. The number of thioether (sulfide) groups is 1. The van der Waals surface area contributed by atoms with Crippen LogP contribution in [0.15, 0.2) is 93.7 Å². The minimum Gasteiger partial charge on any atom is -0.379 e. The van der Waals surface area contributed by atoms with Crippen molar-refractivity contribution in [3.8, 4) is 5.75 Å². The minimum absolute atomic E-state index is 0.0912. The van der Waals surface area contributed by atoms with Gasteiger partial charge in [0.2, 0.25) is 0 Å². The molecule has 0 aromatic heterocycles. The van der Waals surface area contributed by atoms with E-state index in [4.69, 9.17) is 4.18 Å². The molecule has 0 saturated carbocycles. The highest BCUT2D eigenvalue weighted by Gasteiger charge is 2.28. The van der Waals surface area contributed by atoms with E-state index in [-0.39, 0.29) is 16.6 Å². The summed E-state index contributed by atoms with van der Waals surface area (Å²) in [5.74, 6) is -0.0575. The number of hydrogen-bond donors (Lipinski definition) is 0. The average molecular weight is 520 g/mol. The van der Waals surface area contributed by atoms with Gasteiger partial charge in [-0.15, -0.1) is 0 Å². The van der Waals surface area contributed by atoms with Crippen LogP contribution in [0, 0.1) is 6.92 Å². The Bertz CT molecular complexity index is 1430. The molecular formula is C27H25N3O4S2. The molecule has 1 fully saturated rings. The van der Waals surface area contributed by atoms with Gasteiger partial charge >= 0.3 is 10.1 Å². The first-order valence-electron chi connectivity index (χ1n) is 11.6. The van der Waals surface area contributed by atoms with Crippen LogP contribution in [0.4, 0.5) is 5.69 Å². The summed E-state index contributed by atoms with van der Waals surface area (Å²) < 4.78 is 30.0. The second kappa shape index (κ2) is 10.2. The van der Waals surface area contributed by atoms with Gasteiger partial charge in [-0.2, -0.15) is 13.4 Å². The van der Waals surface area contributed by atoms with Gasteiger partial charge in [-0.05, 0) is 72.3 Å². The quantitative estimate of drug-likeness (QED) is 0.361. The number of carbonyl (C=O) groups is 1. The van der Waals surface area contributed by atoms with E-state index < -0.39 is 10.1 Å². The number of aryl methyl sites for hydroxylation is 1. The molecule has 2 aliphatic rings. The molecule has 1 amide bonds. The fourth-order valence-corrected chi connectivity index (χ4v) is 5.96. The zero-order chi connectivity index (χ0) is 25.1. The maximum absolute atomic E-state index is 12.5. The molecule has 9 heteroatoms. The molecule has 2 aliphatic heterocycles. The lowest BCUT2D eigenvalue weighted by Gasteiger charge is -2.36. The van der Waals surface area contributed by atoms with Gasteiger partial charge in [0.15, 0.2) is 5.17 Å². The van der Waals surface area contributed by atoms with Crippen LogP contribution in [0.5, 0.6) is 5.75 Å². The summed E-state index contributed by atoms with van der Waals surface area (Å²) in [4.78, 5) is 22.0. The zero-order valence-corrected chi connectivity index (χ0v) is 21.3. The molecule has 2 heterocycles. The van der Waals surface area contributed by atoms with E-state index in [1.807, 2.05) is 0 Å². The van der Waals surface area contributed by atoms with Crippen LogP contribution >= 0.6 is 11.8 Å². The Morgan fingerprint density at radius 1 is 0.889 bits per heavy atom. The maximum Gasteiger partial charge on any atom is 0.339 e. The van der Waals surface area contributed by atoms with Crippen LogP contribution in [0.2, 0.25) is 0 Å². The molecule has 184 valence electrons. The van der Waals surface area contributed by atoms with E-state index in [0.717, 1.165) is 36.9 Å². The smallest absolute Gasteiger partial charge is 0.339 e. The van der Waals surface area contributed by atoms with E-state index in [2.05, 4.69) is 46.0 Å². The lowest BCUT2D eigenvalue weighted by molar-refractivity contribution is -0.113. The number of nitrogens with zero attached hydrogens (tertiary/aromatic N) is 3. The molecule has 0 bridgehead atoms. The molecular weight excluding hydrogens is 494 g/mol. The molecule has 3 aromatic rings. The first kappa shape index (κ1) is 24.1. The summed E-state index contributed by atoms with van der Waals surface area (Å²) in [6.07, 6.45) is 1.77. The third-order valence-corrected chi connectivity index (χ3v) is 8.25. The summed E-state index contributed by atoms with van der Waals surface area (Å²) in [6.45, 7) is 5.41. The highest BCUT2D eigenvalue weighted by molar-refractivity contribution is 8.18. The summed E-state index contributed by atoms with van der Waals surface area (Å²) in [5.41, 5.74) is 3.22. The van der Waals surface area contributed by atoms with Crippen molar-refractivity contribution in [2.45, 2.75) is 11.8 Å². The first-order chi connectivity index (χ1) is 17.4. The fourth-order valence-electron chi connectivity index (χ4n) is 4.05. The topological polar surface area (TPSA) is 79.3 Å². The van der Waals surface area contributed by atoms with Crippen LogP contribution in [-0.2, 0) is 14.9 Å². The molecule has 0 radical (unpaired) electrons. The van der Waals surface area contributed by atoms with Gasteiger partial charge in [0, 0.05) is 31.9 Å². The second-order valence-electron chi connectivity index (χ2n) is 8.54. The molecule has 0 aliphatic carbocycles. The average Bonchev–Trinajstić information content (AvgIpc) is 3.25. The maximum atomic E-state index is 12.5. The Morgan fingerprint density at radius 2 is 1.58 bits per heavy atom. The van der Waals surface area contributed by atoms with Crippen molar-refractivity contribution in [3.05, 3.63) is 94.9 Å². The number of carbonyl (C=O) groups excluding carboxylic acids is 1. The first-order valence-corrected chi connectivity index (χ1v) is 13.8. The van der Waals surface area contributed by atoms with E-state index in [1.54, 1.807) is 48.5 Å². The molecule has 0 spiro atoms. The zero-order valence-electron chi connectivity index (χ0n) is 19.7. The second-order valence-corrected chi connectivity index (χ2v) is 11.1. The molecule has 5 rings (SSSR count). The highest BCUT2D eigenvalue weighted by atomic mass is 32.2. The van der Waals surface area contributed by atoms with Gasteiger partial charge in [0.1, 0.15) is 10.6 Å². The summed E-state index contributed by atoms with van der Waals surface area (Å²) in [7, 11) is -3.90. The molecule has 0 unspecified atom stereocenters. The van der Waals surface area contributed by atoms with Crippen molar-refractivity contribution in [3.63, 3.8) is 0 Å². The highest BCUT2D eigenvalue weighted by Crippen LogP contribution is 2.31. The number of aliphatic imine (C=N–C) groups is 1. The molecule has 7 nitrogen and oxygen atoms in total. The van der Waals surface area contributed by atoms with Gasteiger partial charge in [0.25, 0.3) is 5.91 Å². The van der Waals surface area contributed by atoms with Crippen LogP contribution in [0.25, 0.3) is 6.08 Å². The minimum atomic E-state index is -3.90. The lowest BCUT2D eigenvalue weighted by atomic mass is 10.2. The predicted octanol–water partition coefficient (Wildman–Crippen LogP) is 4.56. The normalized spacial score (nSPS) is 17.4. The fraction of sp³-hybridized carbons (Fsp3) is 0.185. The number of benzene rings is 3. The van der Waals surface area contributed by atoms with Crippen LogP contribution in [0.1, 0.15) is 11.1 Å². The van der Waals surface area contributed by atoms with E-state index in [9.17, 15) is 13.2 Å². The predicted molar refractivity (Wildman–Crippen MR) is 144 cm³/mol. The summed E-state index contributed by atoms with van der Waals surface area (Å²) in [6, 6.07) is 23.1. The number of anilines is 1. The van der Waals surface area contributed by atoms with Gasteiger partial charge in [-0.1, -0.05) is 42.5 Å². The Morgan fingerprint density at radius 3 is 2.28 bits per heavy atom. The summed E-state index contributed by atoms with van der Waals surface area (Å²) in [5, 5.41) is 0.726. The largest absolute Gasteiger partial charge is 0.379 e. The third kappa shape index (κ3) is 5.47. The number of amides is 1. The van der Waals surface area contributed by atoms with Crippen molar-refractivity contribution in [1.82, 2.24) is 4.90 Å².